The Morgan fingerprint density at radius 2 is 1.54 bits per heavy atom. The lowest BCUT2D eigenvalue weighted by atomic mass is 10.1. The molecule has 9 nitrogen and oxygen atoms in total. The molecule has 7 aromatic rings. The third-order valence-corrected chi connectivity index (χ3v) is 9.93. The number of nitrogens with zero attached hydrogens (tertiary/aromatic N) is 2. The fourth-order valence-corrected chi connectivity index (χ4v) is 7.15. The average Bonchev–Trinajstić information content (AvgIpc) is 3.80. The Balaban J connectivity index is 1.22. The van der Waals surface area contributed by atoms with Crippen molar-refractivity contribution in [3.63, 3.8) is 0 Å². The minimum Gasteiger partial charge on any atom is -0.456 e. The zero-order chi connectivity index (χ0) is 33.0. The number of benzene rings is 4. The Labute approximate surface area is 281 Å². The number of hydrogen-bond donors (Lipinski definition) is 2. The summed E-state index contributed by atoms with van der Waals surface area (Å²) in [5.74, 6) is 2.22. The maximum atomic E-state index is 11.6. The standard InChI is InChI=1S/C37H32N2O7S2/c1-2-23(17-36-38(13-7-15-47)28-19-26-24-9-3-5-11-30(24)43-32(26)21-34(28)45-36)18-37-39(14-8-16-48(40,41)42)29-20-27-25-10-4-6-12-31(25)44-33(27)22-35(29)46-37/h3-6,9-12,17-22H,2,7-8,13-16H2,1H3,(H-,40,41,42,47)/p+1. The Morgan fingerprint density at radius 3 is 2.23 bits per heavy atom. The lowest BCUT2D eigenvalue weighted by Gasteiger charge is -2.18. The van der Waals surface area contributed by atoms with Crippen molar-refractivity contribution in [3.8, 4) is 5.75 Å². The van der Waals surface area contributed by atoms with Crippen LogP contribution in [-0.4, -0.2) is 31.0 Å². The number of oxazole rings is 1. The van der Waals surface area contributed by atoms with Gasteiger partial charge in [0.15, 0.2) is 12.3 Å². The first-order valence-corrected chi connectivity index (χ1v) is 18.2. The van der Waals surface area contributed by atoms with Gasteiger partial charge in [0.1, 0.15) is 22.3 Å². The van der Waals surface area contributed by atoms with Gasteiger partial charge >= 0.3 is 5.89 Å². The lowest BCUT2D eigenvalue weighted by molar-refractivity contribution is -0.677. The van der Waals surface area contributed by atoms with E-state index in [0.29, 0.717) is 42.6 Å². The second-order valence-corrected chi connectivity index (χ2v) is 14.0. The number of rotatable bonds is 10. The van der Waals surface area contributed by atoms with Gasteiger partial charge in [-0.1, -0.05) is 43.3 Å². The quantitative estimate of drug-likeness (QED) is 0.0839. The molecular formula is C37H33N2O7S2+. The van der Waals surface area contributed by atoms with Crippen LogP contribution >= 0.6 is 12.6 Å². The summed E-state index contributed by atoms with van der Waals surface area (Å²) < 4.78 is 60.0. The van der Waals surface area contributed by atoms with Gasteiger partial charge in [-0.2, -0.15) is 25.6 Å². The van der Waals surface area contributed by atoms with Crippen LogP contribution in [-0.2, 0) is 16.7 Å². The second-order valence-electron chi connectivity index (χ2n) is 11.9. The molecule has 0 aliphatic carbocycles. The summed E-state index contributed by atoms with van der Waals surface area (Å²) in [4.78, 5) is 1.96. The molecule has 0 spiro atoms. The van der Waals surface area contributed by atoms with Gasteiger partial charge in [-0.25, -0.2) is 0 Å². The van der Waals surface area contributed by atoms with E-state index in [1.807, 2.05) is 77.7 Å². The van der Waals surface area contributed by atoms with Crippen molar-refractivity contribution in [1.29, 1.82) is 0 Å². The van der Waals surface area contributed by atoms with E-state index in [1.54, 1.807) is 0 Å². The van der Waals surface area contributed by atoms with Crippen LogP contribution in [0.4, 0.5) is 5.69 Å². The molecule has 1 aliphatic rings. The normalized spacial score (nSPS) is 14.8. The smallest absolute Gasteiger partial charge is 0.374 e. The molecule has 0 unspecified atom stereocenters. The van der Waals surface area contributed by atoms with Crippen molar-refractivity contribution in [2.45, 2.75) is 32.7 Å². The number of fused-ring (bicyclic) bond motifs is 8. The average molecular weight is 682 g/mol. The van der Waals surface area contributed by atoms with E-state index in [-0.39, 0.29) is 12.2 Å². The summed E-state index contributed by atoms with van der Waals surface area (Å²) in [5.41, 5.74) is 6.51. The predicted octanol–water partition coefficient (Wildman–Crippen LogP) is 8.65. The van der Waals surface area contributed by atoms with Crippen molar-refractivity contribution in [2.75, 3.05) is 23.0 Å². The first-order valence-electron chi connectivity index (χ1n) is 16.0. The van der Waals surface area contributed by atoms with Crippen LogP contribution in [0.3, 0.4) is 0 Å². The van der Waals surface area contributed by atoms with E-state index < -0.39 is 10.1 Å². The molecular weight excluding hydrogens is 649 g/mol. The maximum absolute atomic E-state index is 11.6. The Bertz CT molecular complexity index is 2540. The van der Waals surface area contributed by atoms with E-state index in [0.717, 1.165) is 72.8 Å². The van der Waals surface area contributed by atoms with E-state index in [9.17, 15) is 13.0 Å². The molecule has 0 amide bonds. The molecule has 0 saturated heterocycles. The van der Waals surface area contributed by atoms with Crippen LogP contribution in [0.1, 0.15) is 32.1 Å². The predicted molar refractivity (Wildman–Crippen MR) is 191 cm³/mol. The molecule has 48 heavy (non-hydrogen) atoms. The van der Waals surface area contributed by atoms with Gasteiger partial charge in [-0.05, 0) is 42.4 Å². The number of allylic oxidation sites excluding steroid dienone is 2. The second kappa shape index (κ2) is 12.1. The molecule has 1 N–H and O–H groups in total. The zero-order valence-corrected chi connectivity index (χ0v) is 27.9. The van der Waals surface area contributed by atoms with Crippen molar-refractivity contribution in [1.82, 2.24) is 0 Å². The van der Waals surface area contributed by atoms with Gasteiger partial charge in [0.2, 0.25) is 11.5 Å². The highest BCUT2D eigenvalue weighted by atomic mass is 32.2. The minimum atomic E-state index is -4.12. The summed E-state index contributed by atoms with van der Waals surface area (Å²) in [5, 5.41) is 4.00. The molecule has 1 aliphatic heterocycles. The number of aryl methyl sites for hydroxylation is 1. The largest absolute Gasteiger partial charge is 0.456 e. The SMILES string of the molecule is CCC(/C=C1\Oc2cc3oc4ccccc4c3cc2N1CCCS(=O)(=O)O)=C\c1oc2cc3oc4ccccc4c3cc2[n+]1CCCS. The fourth-order valence-electron chi connectivity index (χ4n) is 6.51. The minimum absolute atomic E-state index is 0.206. The van der Waals surface area contributed by atoms with Crippen LogP contribution in [0, 0.1) is 0 Å². The molecule has 0 fully saturated rings. The number of furan rings is 2. The fraction of sp³-hybridized carbons (Fsp3) is 0.216. The number of aromatic nitrogens is 1. The zero-order valence-electron chi connectivity index (χ0n) is 26.2. The lowest BCUT2D eigenvalue weighted by Crippen LogP contribution is -2.35. The summed E-state index contributed by atoms with van der Waals surface area (Å²) in [7, 11) is -4.12. The Kier molecular flexibility index (Phi) is 7.70. The van der Waals surface area contributed by atoms with Crippen LogP contribution in [0.5, 0.6) is 5.75 Å². The van der Waals surface area contributed by atoms with Crippen molar-refractivity contribution < 1.29 is 35.5 Å². The van der Waals surface area contributed by atoms with Gasteiger partial charge in [-0.15, -0.1) is 0 Å². The molecule has 0 saturated carbocycles. The van der Waals surface area contributed by atoms with Crippen LogP contribution < -0.4 is 14.2 Å². The summed E-state index contributed by atoms with van der Waals surface area (Å²) >= 11 is 4.48. The van der Waals surface area contributed by atoms with Gasteiger partial charge in [-0.3, -0.25) is 4.55 Å². The van der Waals surface area contributed by atoms with E-state index in [2.05, 4.69) is 36.3 Å². The molecule has 0 radical (unpaired) electrons. The number of anilines is 1. The Hall–Kier alpha value is -4.71. The van der Waals surface area contributed by atoms with Crippen molar-refractivity contribution in [3.05, 3.63) is 96.2 Å². The van der Waals surface area contributed by atoms with Crippen LogP contribution in [0.25, 0.3) is 61.1 Å². The number of para-hydroxylation sites is 2. The van der Waals surface area contributed by atoms with Crippen LogP contribution in [0.15, 0.2) is 104 Å². The van der Waals surface area contributed by atoms with Gasteiger partial charge in [0, 0.05) is 58.8 Å². The number of hydrogen-bond acceptors (Lipinski definition) is 8. The Morgan fingerprint density at radius 1 is 0.854 bits per heavy atom. The van der Waals surface area contributed by atoms with E-state index >= 15 is 0 Å². The number of thiol groups is 1. The molecule has 11 heteroatoms. The first-order chi connectivity index (χ1) is 23.3. The van der Waals surface area contributed by atoms with Gasteiger partial charge in [0.25, 0.3) is 15.6 Å². The summed E-state index contributed by atoms with van der Waals surface area (Å²) in [6.45, 7) is 3.09. The topological polar surface area (TPSA) is 110 Å². The van der Waals surface area contributed by atoms with Gasteiger partial charge in [0.05, 0.1) is 17.5 Å². The molecule has 0 bridgehead atoms. The first kappa shape index (κ1) is 30.6. The highest BCUT2D eigenvalue weighted by Gasteiger charge is 2.29. The molecule has 4 heterocycles. The highest BCUT2D eigenvalue weighted by Crippen LogP contribution is 2.44. The van der Waals surface area contributed by atoms with Crippen molar-refractivity contribution >= 4 is 89.5 Å². The monoisotopic (exact) mass is 681 g/mol. The molecule has 0 atom stereocenters. The molecule has 244 valence electrons. The molecule has 3 aromatic heterocycles. The highest BCUT2D eigenvalue weighted by molar-refractivity contribution is 7.85. The molecule has 4 aromatic carbocycles. The number of ether oxygens (including phenoxy) is 1. The van der Waals surface area contributed by atoms with Crippen molar-refractivity contribution in [2.24, 2.45) is 0 Å². The van der Waals surface area contributed by atoms with Gasteiger partial charge < -0.3 is 22.9 Å². The van der Waals surface area contributed by atoms with Crippen LogP contribution in [0.2, 0.25) is 0 Å². The molecule has 8 rings (SSSR count). The summed E-state index contributed by atoms with van der Waals surface area (Å²) in [6.07, 6.45) is 5.71. The summed E-state index contributed by atoms with van der Waals surface area (Å²) in [6, 6.07) is 23.8. The van der Waals surface area contributed by atoms with E-state index in [1.165, 1.54) is 0 Å². The third-order valence-electron chi connectivity index (χ3n) is 8.81. The van der Waals surface area contributed by atoms with E-state index in [4.69, 9.17) is 18.0 Å². The third kappa shape index (κ3) is 5.51. The maximum Gasteiger partial charge on any atom is 0.374 e.